The normalized spacial score (nSPS) is 11.8. The Hall–Kier alpha value is -1.83. The number of aromatic nitrogens is 2. The Kier molecular flexibility index (Phi) is 4.43. The van der Waals surface area contributed by atoms with Gasteiger partial charge in [-0.05, 0) is 23.8 Å². The molecule has 0 saturated carbocycles. The minimum Gasteiger partial charge on any atom is -0.264 e. The second kappa shape index (κ2) is 6.08. The molecule has 6 nitrogen and oxygen atoms in total. The van der Waals surface area contributed by atoms with Crippen LogP contribution in [0, 0.1) is 0 Å². The molecule has 0 atom stereocenters. The average Bonchev–Trinajstić information content (AvgIpc) is 2.46. The number of rotatable bonds is 5. The average molecular weight is 292 g/mol. The first-order chi connectivity index (χ1) is 9.50. The number of hydrogen-bond donors (Lipinski definition) is 1. The fourth-order valence-electron chi connectivity index (χ4n) is 1.64. The van der Waals surface area contributed by atoms with Crippen molar-refractivity contribution in [1.29, 1.82) is 0 Å². The molecule has 0 aliphatic carbocycles. The van der Waals surface area contributed by atoms with Gasteiger partial charge in [-0.25, -0.2) is 0 Å². The maximum atomic E-state index is 11.7. The number of pyridine rings is 2. The predicted octanol–water partition coefficient (Wildman–Crippen LogP) is 1.04. The van der Waals surface area contributed by atoms with Gasteiger partial charge in [-0.15, -0.1) is 0 Å². The summed E-state index contributed by atoms with van der Waals surface area (Å²) in [6.45, 7) is 0.179. The van der Waals surface area contributed by atoms with E-state index in [9.17, 15) is 8.42 Å². The smallest absolute Gasteiger partial charge is 0.264 e. The molecule has 2 aromatic heterocycles. The molecule has 0 amide bonds. The van der Waals surface area contributed by atoms with Crippen LogP contribution in [0.4, 0.5) is 0 Å². The summed E-state index contributed by atoms with van der Waals surface area (Å²) in [6, 6.07) is 7.32. The molecule has 0 fully saturated rings. The van der Waals surface area contributed by atoms with Crippen molar-refractivity contribution in [2.24, 2.45) is 0 Å². The molecule has 0 spiro atoms. The van der Waals surface area contributed by atoms with E-state index in [4.69, 9.17) is 0 Å². The van der Waals surface area contributed by atoms with Crippen LogP contribution < -0.4 is 4.72 Å². The van der Waals surface area contributed by atoms with Crippen LogP contribution in [0.2, 0.25) is 0 Å². The van der Waals surface area contributed by atoms with E-state index in [2.05, 4.69) is 14.7 Å². The van der Waals surface area contributed by atoms with Gasteiger partial charge in [-0.3, -0.25) is 9.97 Å². The first-order valence-electron chi connectivity index (χ1n) is 6.02. The third kappa shape index (κ3) is 3.38. The van der Waals surface area contributed by atoms with Gasteiger partial charge in [-0.2, -0.15) is 17.4 Å². The summed E-state index contributed by atoms with van der Waals surface area (Å²) in [5.41, 5.74) is 2.38. The molecule has 1 N–H and O–H groups in total. The summed E-state index contributed by atoms with van der Waals surface area (Å²) in [7, 11) is -0.496. The summed E-state index contributed by atoms with van der Waals surface area (Å²) >= 11 is 0. The quantitative estimate of drug-likeness (QED) is 0.893. The van der Waals surface area contributed by atoms with E-state index in [1.807, 2.05) is 18.2 Å². The monoisotopic (exact) mass is 292 g/mol. The van der Waals surface area contributed by atoms with E-state index in [0.717, 1.165) is 21.1 Å². The van der Waals surface area contributed by atoms with Crippen molar-refractivity contribution in [2.75, 3.05) is 14.1 Å². The topological polar surface area (TPSA) is 75.2 Å². The highest BCUT2D eigenvalue weighted by Gasteiger charge is 2.14. The molecule has 20 heavy (non-hydrogen) atoms. The van der Waals surface area contributed by atoms with Crippen LogP contribution in [-0.2, 0) is 16.8 Å². The molecule has 7 heteroatoms. The second-order valence-corrected chi connectivity index (χ2v) is 6.33. The van der Waals surface area contributed by atoms with Crippen LogP contribution in [0.15, 0.2) is 42.9 Å². The summed E-state index contributed by atoms with van der Waals surface area (Å²) in [6.07, 6.45) is 5.05. The zero-order valence-corrected chi connectivity index (χ0v) is 12.1. The van der Waals surface area contributed by atoms with Crippen LogP contribution in [0.1, 0.15) is 5.56 Å². The van der Waals surface area contributed by atoms with Gasteiger partial charge >= 0.3 is 0 Å². The molecule has 2 rings (SSSR count). The molecule has 2 aromatic rings. The molecule has 2 heterocycles. The highest BCUT2D eigenvalue weighted by atomic mass is 32.2. The Labute approximate surface area is 118 Å². The lowest BCUT2D eigenvalue weighted by Crippen LogP contribution is -2.35. The van der Waals surface area contributed by atoms with Crippen molar-refractivity contribution >= 4 is 10.2 Å². The second-order valence-electron chi connectivity index (χ2n) is 4.36. The van der Waals surface area contributed by atoms with E-state index in [1.54, 1.807) is 24.7 Å². The Bertz CT molecular complexity index is 672. The van der Waals surface area contributed by atoms with Gasteiger partial charge in [0.15, 0.2) is 0 Å². The fourth-order valence-corrected chi connectivity index (χ4v) is 2.24. The number of nitrogens with one attached hydrogen (secondary N) is 1. The maximum absolute atomic E-state index is 11.7. The number of hydrogen-bond acceptors (Lipinski definition) is 4. The summed E-state index contributed by atoms with van der Waals surface area (Å²) in [5, 5.41) is 0. The van der Waals surface area contributed by atoms with E-state index < -0.39 is 10.2 Å². The first-order valence-corrected chi connectivity index (χ1v) is 7.46. The molecule has 0 aliphatic rings. The van der Waals surface area contributed by atoms with Gasteiger partial charge in [0.2, 0.25) is 0 Å². The minimum absolute atomic E-state index is 0.179. The SMILES string of the molecule is CN(C)S(=O)(=O)NCc1cccnc1-c1cccnc1. The molecule has 0 aromatic carbocycles. The van der Waals surface area contributed by atoms with Gasteiger partial charge in [0.1, 0.15) is 0 Å². The fraction of sp³-hybridized carbons (Fsp3) is 0.231. The third-order valence-corrected chi connectivity index (χ3v) is 4.22. The molecule has 0 unspecified atom stereocenters. The standard InChI is InChI=1S/C13H16N4O2S/c1-17(2)20(18,19)16-10-12-6-4-8-15-13(12)11-5-3-7-14-9-11/h3-9,16H,10H2,1-2H3. The van der Waals surface area contributed by atoms with E-state index in [0.29, 0.717) is 0 Å². The molecular weight excluding hydrogens is 276 g/mol. The third-order valence-electron chi connectivity index (χ3n) is 2.75. The Morgan fingerprint density at radius 2 is 1.95 bits per heavy atom. The van der Waals surface area contributed by atoms with Crippen molar-refractivity contribution in [2.45, 2.75) is 6.54 Å². The zero-order chi connectivity index (χ0) is 14.6. The molecule has 0 saturated heterocycles. The Morgan fingerprint density at radius 1 is 1.20 bits per heavy atom. The highest BCUT2D eigenvalue weighted by molar-refractivity contribution is 7.87. The van der Waals surface area contributed by atoms with Gasteiger partial charge in [-0.1, -0.05) is 6.07 Å². The molecule has 0 aliphatic heterocycles. The van der Waals surface area contributed by atoms with Gasteiger partial charge in [0, 0.05) is 44.8 Å². The van der Waals surface area contributed by atoms with Crippen LogP contribution in [0.3, 0.4) is 0 Å². The number of nitrogens with zero attached hydrogens (tertiary/aromatic N) is 3. The van der Waals surface area contributed by atoms with Crippen LogP contribution in [0.25, 0.3) is 11.3 Å². The van der Waals surface area contributed by atoms with Crippen molar-refractivity contribution in [3.8, 4) is 11.3 Å². The van der Waals surface area contributed by atoms with Crippen LogP contribution >= 0.6 is 0 Å². The lowest BCUT2D eigenvalue weighted by atomic mass is 10.1. The van der Waals surface area contributed by atoms with Crippen molar-refractivity contribution in [3.63, 3.8) is 0 Å². The first kappa shape index (κ1) is 14.6. The largest absolute Gasteiger partial charge is 0.279 e. The molecule has 0 bridgehead atoms. The van der Waals surface area contributed by atoms with Crippen molar-refractivity contribution < 1.29 is 8.42 Å². The molecule has 0 radical (unpaired) electrons. The predicted molar refractivity (Wildman–Crippen MR) is 76.9 cm³/mol. The summed E-state index contributed by atoms with van der Waals surface area (Å²) in [5.74, 6) is 0. The highest BCUT2D eigenvalue weighted by Crippen LogP contribution is 2.19. The van der Waals surface area contributed by atoms with Crippen molar-refractivity contribution in [3.05, 3.63) is 48.4 Å². The van der Waals surface area contributed by atoms with Gasteiger partial charge in [0.25, 0.3) is 10.2 Å². The van der Waals surface area contributed by atoms with E-state index in [-0.39, 0.29) is 6.54 Å². The Morgan fingerprint density at radius 3 is 2.60 bits per heavy atom. The zero-order valence-electron chi connectivity index (χ0n) is 11.3. The lowest BCUT2D eigenvalue weighted by Gasteiger charge is -2.13. The lowest BCUT2D eigenvalue weighted by molar-refractivity contribution is 0.505. The van der Waals surface area contributed by atoms with E-state index in [1.165, 1.54) is 14.1 Å². The van der Waals surface area contributed by atoms with E-state index >= 15 is 0 Å². The molecular formula is C13H16N4O2S. The van der Waals surface area contributed by atoms with Crippen LogP contribution in [-0.4, -0.2) is 36.8 Å². The maximum Gasteiger partial charge on any atom is 0.279 e. The minimum atomic E-state index is -3.46. The summed E-state index contributed by atoms with van der Waals surface area (Å²) < 4.78 is 27.1. The van der Waals surface area contributed by atoms with Crippen LogP contribution in [0.5, 0.6) is 0 Å². The Balaban J connectivity index is 2.26. The molecule has 106 valence electrons. The summed E-state index contributed by atoms with van der Waals surface area (Å²) in [4.78, 5) is 8.36. The van der Waals surface area contributed by atoms with Gasteiger partial charge < -0.3 is 0 Å². The van der Waals surface area contributed by atoms with Gasteiger partial charge in [0.05, 0.1) is 5.69 Å². The van der Waals surface area contributed by atoms with Crippen molar-refractivity contribution in [1.82, 2.24) is 19.0 Å².